The average molecular weight is 277 g/mol. The summed E-state index contributed by atoms with van der Waals surface area (Å²) in [5, 5.41) is 0. The van der Waals surface area contributed by atoms with Crippen molar-refractivity contribution >= 4 is 11.8 Å². The minimum atomic E-state index is -1.14. The van der Waals surface area contributed by atoms with Crippen molar-refractivity contribution in [3.8, 4) is 0 Å². The van der Waals surface area contributed by atoms with Gasteiger partial charge in [-0.2, -0.15) is 0 Å². The molecule has 1 aromatic heterocycles. The number of pyridine rings is 1. The summed E-state index contributed by atoms with van der Waals surface area (Å²) >= 11 is 0. The van der Waals surface area contributed by atoms with Crippen LogP contribution in [-0.4, -0.2) is 16.8 Å². The minimum Gasteiger partial charge on any atom is -0.267 e. The Morgan fingerprint density at radius 3 is 2.25 bits per heavy atom. The zero-order valence-corrected chi connectivity index (χ0v) is 10.1. The highest BCUT2D eigenvalue weighted by Crippen LogP contribution is 2.08. The third kappa shape index (κ3) is 3.14. The van der Waals surface area contributed by atoms with Crippen molar-refractivity contribution in [2.24, 2.45) is 0 Å². The number of amides is 2. The van der Waals surface area contributed by atoms with Crippen LogP contribution in [0.5, 0.6) is 0 Å². The average Bonchev–Trinajstić information content (AvgIpc) is 2.48. The molecule has 0 radical (unpaired) electrons. The number of hydrazine groups is 1. The van der Waals surface area contributed by atoms with Gasteiger partial charge in [-0.25, -0.2) is 8.78 Å². The summed E-state index contributed by atoms with van der Waals surface area (Å²) in [4.78, 5) is 27.0. The molecule has 102 valence electrons. The van der Waals surface area contributed by atoms with Gasteiger partial charge in [0.15, 0.2) is 11.6 Å². The van der Waals surface area contributed by atoms with Gasteiger partial charge in [0.25, 0.3) is 11.8 Å². The topological polar surface area (TPSA) is 71.1 Å². The first-order valence-electron chi connectivity index (χ1n) is 5.53. The van der Waals surface area contributed by atoms with Crippen LogP contribution in [0, 0.1) is 11.6 Å². The van der Waals surface area contributed by atoms with Gasteiger partial charge in [0, 0.05) is 18.0 Å². The summed E-state index contributed by atoms with van der Waals surface area (Å²) in [6.45, 7) is 0. The molecule has 0 unspecified atom stereocenters. The summed E-state index contributed by atoms with van der Waals surface area (Å²) in [7, 11) is 0. The molecular formula is C13H9F2N3O2. The molecule has 7 heteroatoms. The zero-order chi connectivity index (χ0) is 14.5. The van der Waals surface area contributed by atoms with E-state index in [0.29, 0.717) is 0 Å². The Labute approximate surface area is 112 Å². The number of carbonyl (C=O) groups is 2. The number of carbonyl (C=O) groups excluding carboxylic acids is 2. The Bertz CT molecular complexity index is 647. The van der Waals surface area contributed by atoms with Gasteiger partial charge in [-0.1, -0.05) is 0 Å². The maximum Gasteiger partial charge on any atom is 0.271 e. The molecule has 0 saturated heterocycles. The van der Waals surface area contributed by atoms with Crippen LogP contribution >= 0.6 is 0 Å². The van der Waals surface area contributed by atoms with Crippen molar-refractivity contribution in [1.29, 1.82) is 0 Å². The highest BCUT2D eigenvalue weighted by atomic mass is 19.2. The summed E-state index contributed by atoms with van der Waals surface area (Å²) < 4.78 is 25.7. The molecule has 0 saturated carbocycles. The maximum atomic E-state index is 13.0. The Hall–Kier alpha value is -2.83. The lowest BCUT2D eigenvalue weighted by Gasteiger charge is -2.07. The molecule has 0 fully saturated rings. The monoisotopic (exact) mass is 277 g/mol. The molecule has 0 bridgehead atoms. The van der Waals surface area contributed by atoms with Gasteiger partial charge in [0.2, 0.25) is 0 Å². The van der Waals surface area contributed by atoms with E-state index < -0.39 is 23.4 Å². The third-order valence-electron chi connectivity index (χ3n) is 2.40. The number of rotatable bonds is 2. The third-order valence-corrected chi connectivity index (χ3v) is 2.40. The number of aromatic nitrogens is 1. The highest BCUT2D eigenvalue weighted by Gasteiger charge is 2.11. The molecular weight excluding hydrogens is 268 g/mol. The number of benzene rings is 1. The van der Waals surface area contributed by atoms with Gasteiger partial charge in [-0.05, 0) is 30.3 Å². The number of nitrogens with one attached hydrogen (secondary N) is 2. The second kappa shape index (κ2) is 5.87. The van der Waals surface area contributed by atoms with E-state index in [0.717, 1.165) is 18.2 Å². The van der Waals surface area contributed by atoms with Gasteiger partial charge in [-0.3, -0.25) is 25.4 Å². The Morgan fingerprint density at radius 1 is 0.950 bits per heavy atom. The Morgan fingerprint density at radius 2 is 1.65 bits per heavy atom. The molecule has 2 N–H and O–H groups in total. The van der Waals surface area contributed by atoms with Gasteiger partial charge in [-0.15, -0.1) is 0 Å². The van der Waals surface area contributed by atoms with Crippen molar-refractivity contribution in [3.63, 3.8) is 0 Å². The number of hydrogen-bond donors (Lipinski definition) is 2. The fraction of sp³-hybridized carbons (Fsp3) is 0. The molecule has 0 aliphatic carbocycles. The minimum absolute atomic E-state index is 0.115. The molecule has 2 amide bonds. The van der Waals surface area contributed by atoms with Crippen LogP contribution in [0.15, 0.2) is 42.7 Å². The second-order valence-corrected chi connectivity index (χ2v) is 3.78. The van der Waals surface area contributed by atoms with E-state index in [4.69, 9.17) is 0 Å². The molecule has 5 nitrogen and oxygen atoms in total. The lowest BCUT2D eigenvalue weighted by molar-refractivity contribution is 0.0846. The van der Waals surface area contributed by atoms with Crippen LogP contribution in [0.3, 0.4) is 0 Å². The van der Waals surface area contributed by atoms with Gasteiger partial charge in [0.05, 0.1) is 5.56 Å². The van der Waals surface area contributed by atoms with Crippen molar-refractivity contribution in [1.82, 2.24) is 15.8 Å². The number of nitrogens with zero attached hydrogens (tertiary/aromatic N) is 1. The molecule has 1 heterocycles. The molecule has 0 aliphatic heterocycles. The Kier molecular flexibility index (Phi) is 3.99. The molecule has 0 aliphatic rings. The molecule has 2 aromatic rings. The molecule has 20 heavy (non-hydrogen) atoms. The van der Waals surface area contributed by atoms with E-state index in [9.17, 15) is 18.4 Å². The van der Waals surface area contributed by atoms with Crippen LogP contribution in [0.4, 0.5) is 8.78 Å². The van der Waals surface area contributed by atoms with Crippen molar-refractivity contribution in [2.75, 3.05) is 0 Å². The van der Waals surface area contributed by atoms with E-state index in [1.165, 1.54) is 18.5 Å². The maximum absolute atomic E-state index is 13.0. The van der Waals surface area contributed by atoms with Crippen molar-refractivity contribution < 1.29 is 18.4 Å². The lowest BCUT2D eigenvalue weighted by atomic mass is 10.2. The largest absolute Gasteiger partial charge is 0.271 e. The summed E-state index contributed by atoms with van der Waals surface area (Å²) in [6, 6.07) is 5.73. The normalized spacial score (nSPS) is 9.90. The molecule has 0 atom stereocenters. The second-order valence-electron chi connectivity index (χ2n) is 3.78. The summed E-state index contributed by atoms with van der Waals surface area (Å²) in [5.74, 6) is -3.53. The predicted molar refractivity (Wildman–Crippen MR) is 65.5 cm³/mol. The summed E-state index contributed by atoms with van der Waals surface area (Å²) in [5.41, 5.74) is 4.36. The van der Waals surface area contributed by atoms with Crippen molar-refractivity contribution in [2.45, 2.75) is 0 Å². The predicted octanol–water partition coefficient (Wildman–Crippen LogP) is 1.43. The van der Waals surface area contributed by atoms with Crippen LogP contribution in [0.25, 0.3) is 0 Å². The molecule has 2 rings (SSSR count). The van der Waals surface area contributed by atoms with Crippen LogP contribution < -0.4 is 10.9 Å². The zero-order valence-electron chi connectivity index (χ0n) is 10.1. The van der Waals surface area contributed by atoms with E-state index in [1.807, 2.05) is 0 Å². The highest BCUT2D eigenvalue weighted by molar-refractivity contribution is 5.98. The van der Waals surface area contributed by atoms with Gasteiger partial charge >= 0.3 is 0 Å². The number of halogens is 2. The fourth-order valence-corrected chi connectivity index (χ4v) is 1.39. The van der Waals surface area contributed by atoms with Crippen LogP contribution in [0.2, 0.25) is 0 Å². The molecule has 0 spiro atoms. The van der Waals surface area contributed by atoms with E-state index >= 15 is 0 Å². The standard InChI is InChI=1S/C13H9F2N3O2/c14-10-4-3-8(6-11(10)15)12(19)17-18-13(20)9-2-1-5-16-7-9/h1-7H,(H,17,19)(H,18,20). The fourth-order valence-electron chi connectivity index (χ4n) is 1.39. The molecule has 1 aromatic carbocycles. The van der Waals surface area contributed by atoms with Gasteiger partial charge < -0.3 is 0 Å². The Balaban J connectivity index is 1.98. The number of hydrogen-bond acceptors (Lipinski definition) is 3. The van der Waals surface area contributed by atoms with Crippen LogP contribution in [-0.2, 0) is 0 Å². The smallest absolute Gasteiger partial charge is 0.267 e. The summed E-state index contributed by atoms with van der Waals surface area (Å²) in [6.07, 6.45) is 2.82. The first kappa shape index (κ1) is 13.6. The van der Waals surface area contributed by atoms with E-state index in [2.05, 4.69) is 15.8 Å². The SMILES string of the molecule is O=C(NNC(=O)c1ccc(F)c(F)c1)c1cccnc1. The first-order chi connectivity index (χ1) is 9.58. The lowest BCUT2D eigenvalue weighted by Crippen LogP contribution is -2.41. The van der Waals surface area contributed by atoms with Gasteiger partial charge in [0.1, 0.15) is 0 Å². The first-order valence-corrected chi connectivity index (χ1v) is 5.53. The van der Waals surface area contributed by atoms with E-state index in [-0.39, 0.29) is 11.1 Å². The van der Waals surface area contributed by atoms with E-state index in [1.54, 1.807) is 6.07 Å². The van der Waals surface area contributed by atoms with Crippen LogP contribution in [0.1, 0.15) is 20.7 Å². The quantitative estimate of drug-likeness (QED) is 0.816. The van der Waals surface area contributed by atoms with Crippen molar-refractivity contribution in [3.05, 3.63) is 65.5 Å².